The molecular weight excluding hydrogens is 570 g/mol. The van der Waals surface area contributed by atoms with Crippen molar-refractivity contribution < 1.29 is 4.79 Å². The number of halogens is 1. The molecule has 0 atom stereocenters. The summed E-state index contributed by atoms with van der Waals surface area (Å²) in [4.78, 5) is 13.7. The van der Waals surface area contributed by atoms with Crippen LogP contribution in [0.2, 0.25) is 5.02 Å². The summed E-state index contributed by atoms with van der Waals surface area (Å²) in [7, 11) is 0. The molecule has 0 saturated heterocycles. The first-order valence-corrected chi connectivity index (χ1v) is 16.1. The van der Waals surface area contributed by atoms with Gasteiger partial charge in [0.1, 0.15) is 0 Å². The summed E-state index contributed by atoms with van der Waals surface area (Å²) in [6, 6.07) is 40.6. The fraction of sp³-hybridized carbons (Fsp3) is 0.119. The van der Waals surface area contributed by atoms with E-state index >= 15 is 0 Å². The number of benzene rings is 5. The van der Waals surface area contributed by atoms with E-state index in [4.69, 9.17) is 11.6 Å². The second kappa shape index (κ2) is 11.5. The third-order valence-corrected chi connectivity index (χ3v) is 9.42. The van der Waals surface area contributed by atoms with Crippen LogP contribution in [0, 0.1) is 0 Å². The molecule has 1 aromatic heterocycles. The largest absolute Gasteiger partial charge is 0.309 e. The van der Waals surface area contributed by atoms with E-state index in [9.17, 15) is 4.79 Å². The first-order chi connectivity index (χ1) is 22.1. The molecule has 2 nitrogen and oxygen atoms in total. The van der Waals surface area contributed by atoms with Gasteiger partial charge in [0.2, 0.25) is 0 Å². The molecule has 0 fully saturated rings. The Morgan fingerprint density at radius 2 is 1.49 bits per heavy atom. The molecule has 2 aliphatic rings. The highest BCUT2D eigenvalue weighted by atomic mass is 35.5. The van der Waals surface area contributed by atoms with Gasteiger partial charge in [0, 0.05) is 27.9 Å². The van der Waals surface area contributed by atoms with E-state index in [2.05, 4.69) is 126 Å². The number of aromatic nitrogens is 1. The number of aryl methyl sites for hydroxylation is 1. The molecule has 8 rings (SSSR count). The number of fused-ring (bicyclic) bond motifs is 7. The SMILES string of the molecule is O=C1/C=C(/Cc2ccc3c(c2)c2ccccc2n3-c2ccccc2)c2ccccc2C2=C/CCCc3cc(Cl)ccc3/C=C\2C1. The van der Waals surface area contributed by atoms with Crippen LogP contribution >= 0.6 is 11.6 Å². The highest BCUT2D eigenvalue weighted by Gasteiger charge is 2.22. The molecule has 0 radical (unpaired) electrons. The van der Waals surface area contributed by atoms with Crippen molar-refractivity contribution in [2.45, 2.75) is 32.1 Å². The molecule has 0 spiro atoms. The molecule has 6 aromatic rings. The zero-order chi connectivity index (χ0) is 30.3. The van der Waals surface area contributed by atoms with Crippen molar-refractivity contribution in [3.63, 3.8) is 0 Å². The van der Waals surface area contributed by atoms with Gasteiger partial charge in [0.05, 0.1) is 11.0 Å². The summed E-state index contributed by atoms with van der Waals surface area (Å²) >= 11 is 6.36. The summed E-state index contributed by atoms with van der Waals surface area (Å²) in [5.74, 6) is 0.133. The summed E-state index contributed by atoms with van der Waals surface area (Å²) in [5.41, 5.74) is 12.7. The molecule has 0 amide bonds. The molecule has 5 aromatic carbocycles. The van der Waals surface area contributed by atoms with Gasteiger partial charge >= 0.3 is 0 Å². The summed E-state index contributed by atoms with van der Waals surface area (Å²) < 4.78 is 2.34. The quantitative estimate of drug-likeness (QED) is 0.198. The third-order valence-electron chi connectivity index (χ3n) is 9.19. The highest BCUT2D eigenvalue weighted by Crippen LogP contribution is 2.39. The fourth-order valence-corrected chi connectivity index (χ4v) is 7.35. The van der Waals surface area contributed by atoms with E-state index in [0.29, 0.717) is 12.8 Å². The predicted octanol–water partition coefficient (Wildman–Crippen LogP) is 10.8. The molecule has 1 heterocycles. The van der Waals surface area contributed by atoms with E-state index < -0.39 is 0 Å². The lowest BCUT2D eigenvalue weighted by Gasteiger charge is -2.21. The van der Waals surface area contributed by atoms with E-state index in [-0.39, 0.29) is 5.78 Å². The number of hydrogen-bond acceptors (Lipinski definition) is 1. The van der Waals surface area contributed by atoms with E-state index in [1.807, 2.05) is 12.1 Å². The number of rotatable bonds is 3. The molecule has 0 aliphatic heterocycles. The Labute approximate surface area is 268 Å². The van der Waals surface area contributed by atoms with Crippen LogP contribution in [0.25, 0.3) is 44.7 Å². The van der Waals surface area contributed by atoms with Gasteiger partial charge in [0.25, 0.3) is 0 Å². The van der Waals surface area contributed by atoms with Gasteiger partial charge in [-0.25, -0.2) is 0 Å². The highest BCUT2D eigenvalue weighted by molar-refractivity contribution is 6.30. The van der Waals surface area contributed by atoms with Gasteiger partial charge < -0.3 is 4.57 Å². The minimum atomic E-state index is 0.133. The molecule has 0 bridgehead atoms. The van der Waals surface area contributed by atoms with Crippen molar-refractivity contribution in [2.24, 2.45) is 0 Å². The van der Waals surface area contributed by atoms with Crippen LogP contribution in [0.5, 0.6) is 0 Å². The van der Waals surface area contributed by atoms with Crippen molar-refractivity contribution >= 4 is 56.4 Å². The first-order valence-electron chi connectivity index (χ1n) is 15.7. The number of carbonyl (C=O) groups is 1. The van der Waals surface area contributed by atoms with Crippen molar-refractivity contribution in [1.29, 1.82) is 0 Å². The zero-order valence-corrected chi connectivity index (χ0v) is 25.7. The number of allylic oxidation sites excluding steroid dienone is 5. The van der Waals surface area contributed by atoms with Crippen LogP contribution < -0.4 is 0 Å². The van der Waals surface area contributed by atoms with Gasteiger partial charge in [-0.3, -0.25) is 4.79 Å². The number of para-hydroxylation sites is 2. The predicted molar refractivity (Wildman–Crippen MR) is 189 cm³/mol. The van der Waals surface area contributed by atoms with Crippen molar-refractivity contribution in [2.75, 3.05) is 0 Å². The van der Waals surface area contributed by atoms with Crippen molar-refractivity contribution in [1.82, 2.24) is 4.57 Å². The van der Waals surface area contributed by atoms with Crippen LogP contribution in [-0.2, 0) is 17.6 Å². The molecule has 3 heteroatoms. The summed E-state index contributed by atoms with van der Waals surface area (Å²) in [6.45, 7) is 0. The van der Waals surface area contributed by atoms with Gasteiger partial charge in [-0.15, -0.1) is 0 Å². The molecule has 218 valence electrons. The van der Waals surface area contributed by atoms with Gasteiger partial charge in [0.15, 0.2) is 5.78 Å². The average molecular weight is 602 g/mol. The van der Waals surface area contributed by atoms with Crippen LogP contribution in [0.4, 0.5) is 0 Å². The second-order valence-electron chi connectivity index (χ2n) is 12.1. The Morgan fingerprint density at radius 1 is 0.711 bits per heavy atom. The Bertz CT molecular complexity index is 2210. The lowest BCUT2D eigenvalue weighted by atomic mass is 9.82. The minimum Gasteiger partial charge on any atom is -0.309 e. The second-order valence-corrected chi connectivity index (χ2v) is 12.5. The molecule has 0 saturated carbocycles. The monoisotopic (exact) mass is 601 g/mol. The standard InChI is InChI=1S/C42H32ClNO/c43-33-20-19-30-24-32-27-35(45)26-31(36-14-6-7-15-38(36)37(32)13-5-4-10-29(30)25-33)22-28-18-21-42-40(23-28)39-16-8-9-17-41(39)44(42)34-11-2-1-3-12-34/h1-3,6-9,11-21,23-26H,4-5,10,22,27H2/b31-26-,32-24-,37-13+. The van der Waals surface area contributed by atoms with Gasteiger partial charge in [-0.1, -0.05) is 96.5 Å². The maximum atomic E-state index is 13.7. The molecule has 2 aliphatic carbocycles. The normalized spacial score (nSPS) is 18.4. The lowest BCUT2D eigenvalue weighted by Crippen LogP contribution is -2.08. The maximum Gasteiger partial charge on any atom is 0.160 e. The first kappa shape index (κ1) is 27.6. The minimum absolute atomic E-state index is 0.133. The van der Waals surface area contributed by atoms with E-state index in [0.717, 1.165) is 52.2 Å². The number of nitrogens with zero attached hydrogens (tertiary/aromatic N) is 1. The van der Waals surface area contributed by atoms with Crippen LogP contribution in [0.1, 0.15) is 47.1 Å². The Morgan fingerprint density at radius 3 is 2.38 bits per heavy atom. The Kier molecular flexibility index (Phi) is 7.08. The van der Waals surface area contributed by atoms with Gasteiger partial charge in [-0.05, 0) is 119 Å². The van der Waals surface area contributed by atoms with Crippen LogP contribution in [0.15, 0.2) is 133 Å². The lowest BCUT2D eigenvalue weighted by molar-refractivity contribution is -0.113. The van der Waals surface area contributed by atoms with Gasteiger partial charge in [-0.2, -0.15) is 0 Å². The smallest absolute Gasteiger partial charge is 0.160 e. The van der Waals surface area contributed by atoms with Crippen molar-refractivity contribution in [3.05, 3.63) is 166 Å². The zero-order valence-electron chi connectivity index (χ0n) is 25.0. The number of carbonyl (C=O) groups excluding carboxylic acids is 1. The van der Waals surface area contributed by atoms with E-state index in [1.54, 1.807) is 0 Å². The van der Waals surface area contributed by atoms with E-state index in [1.165, 1.54) is 44.1 Å². The van der Waals surface area contributed by atoms with Crippen LogP contribution in [0.3, 0.4) is 0 Å². The maximum absolute atomic E-state index is 13.7. The molecular formula is C42H32ClNO. The topological polar surface area (TPSA) is 22.0 Å². The third kappa shape index (κ3) is 5.16. The molecule has 45 heavy (non-hydrogen) atoms. The number of hydrogen-bond donors (Lipinski definition) is 0. The molecule has 0 unspecified atom stereocenters. The number of ketones is 1. The molecule has 0 N–H and O–H groups in total. The Balaban J connectivity index is 1.23. The summed E-state index contributed by atoms with van der Waals surface area (Å²) in [6.07, 6.45) is 10.4. The fourth-order valence-electron chi connectivity index (χ4n) is 7.16. The van der Waals surface area contributed by atoms with Crippen LogP contribution in [-0.4, -0.2) is 10.4 Å². The Hall–Kier alpha value is -4.92. The summed E-state index contributed by atoms with van der Waals surface area (Å²) in [5, 5.41) is 3.21. The average Bonchev–Trinajstić information content (AvgIpc) is 3.42. The van der Waals surface area contributed by atoms with Crippen molar-refractivity contribution in [3.8, 4) is 5.69 Å².